The number of alkyl halides is 3. The maximum atomic E-state index is 13.1. The molecule has 3 rings (SSSR count). The van der Waals surface area contributed by atoms with Gasteiger partial charge >= 0.3 is 11.9 Å². The van der Waals surface area contributed by atoms with Gasteiger partial charge in [-0.1, -0.05) is 31.2 Å². The van der Waals surface area contributed by atoms with E-state index in [2.05, 4.69) is 10.4 Å². The normalized spacial score (nSPS) is 12.4. The van der Waals surface area contributed by atoms with Crippen molar-refractivity contribution < 1.29 is 18.0 Å². The zero-order valence-corrected chi connectivity index (χ0v) is 18.3. The molecule has 0 spiro atoms. The molecule has 0 aliphatic rings. The van der Waals surface area contributed by atoms with Crippen LogP contribution in [0.15, 0.2) is 58.1 Å². The van der Waals surface area contributed by atoms with Crippen molar-refractivity contribution in [1.29, 1.82) is 0 Å². The van der Waals surface area contributed by atoms with Crippen molar-refractivity contribution in [3.8, 4) is 5.69 Å². The Kier molecular flexibility index (Phi) is 6.85. The number of hydrogen-bond donors (Lipinski definition) is 1. The SMILES string of the molecule is CCC(C)NC(=O)c1nn(-c2cccc(C)c2)c(=O)n(Cc2ccc(C(F)(F)F)cc2)c1=O. The van der Waals surface area contributed by atoms with Gasteiger partial charge < -0.3 is 5.32 Å². The van der Waals surface area contributed by atoms with Gasteiger partial charge in [-0.2, -0.15) is 23.0 Å². The van der Waals surface area contributed by atoms with Crippen LogP contribution in [-0.2, 0) is 12.7 Å². The zero-order valence-electron chi connectivity index (χ0n) is 18.3. The quantitative estimate of drug-likeness (QED) is 0.612. The number of amides is 1. The van der Waals surface area contributed by atoms with Crippen molar-refractivity contribution in [2.24, 2.45) is 0 Å². The van der Waals surface area contributed by atoms with Crippen LogP contribution in [0.1, 0.15) is 47.4 Å². The maximum Gasteiger partial charge on any atom is 0.416 e. The largest absolute Gasteiger partial charge is 0.416 e. The summed E-state index contributed by atoms with van der Waals surface area (Å²) in [5.74, 6) is -0.739. The second kappa shape index (κ2) is 9.43. The maximum absolute atomic E-state index is 13.1. The van der Waals surface area contributed by atoms with Crippen molar-refractivity contribution in [2.75, 3.05) is 0 Å². The molecule has 0 aliphatic carbocycles. The van der Waals surface area contributed by atoms with E-state index in [0.717, 1.165) is 26.9 Å². The summed E-state index contributed by atoms with van der Waals surface area (Å²) in [5, 5.41) is 6.69. The lowest BCUT2D eigenvalue weighted by Crippen LogP contribution is -2.47. The molecule has 1 amide bonds. The molecule has 10 heteroatoms. The first-order chi connectivity index (χ1) is 15.5. The molecule has 0 radical (unpaired) electrons. The van der Waals surface area contributed by atoms with E-state index in [1.807, 2.05) is 19.9 Å². The van der Waals surface area contributed by atoms with Gasteiger partial charge in [0.05, 0.1) is 17.8 Å². The molecule has 0 saturated carbocycles. The third-order valence-electron chi connectivity index (χ3n) is 5.13. The summed E-state index contributed by atoms with van der Waals surface area (Å²) in [6.07, 6.45) is -3.89. The van der Waals surface area contributed by atoms with Crippen LogP contribution >= 0.6 is 0 Å². The molecule has 0 saturated heterocycles. The lowest BCUT2D eigenvalue weighted by molar-refractivity contribution is -0.137. The Hall–Kier alpha value is -3.69. The van der Waals surface area contributed by atoms with Gasteiger partial charge in [-0.05, 0) is 55.7 Å². The van der Waals surface area contributed by atoms with Crippen molar-refractivity contribution >= 4 is 5.91 Å². The van der Waals surface area contributed by atoms with Crippen LogP contribution in [0.3, 0.4) is 0 Å². The fourth-order valence-corrected chi connectivity index (χ4v) is 3.10. The summed E-state index contributed by atoms with van der Waals surface area (Å²) < 4.78 is 40.3. The second-order valence-corrected chi connectivity index (χ2v) is 7.75. The summed E-state index contributed by atoms with van der Waals surface area (Å²) in [5.41, 5.74) is -1.61. The molecule has 7 nitrogen and oxygen atoms in total. The van der Waals surface area contributed by atoms with Crippen LogP contribution in [0.5, 0.6) is 0 Å². The van der Waals surface area contributed by atoms with Crippen LogP contribution in [0.4, 0.5) is 13.2 Å². The summed E-state index contributed by atoms with van der Waals surface area (Å²) in [4.78, 5) is 38.9. The Morgan fingerprint density at radius 2 is 1.79 bits per heavy atom. The topological polar surface area (TPSA) is 86.0 Å². The van der Waals surface area contributed by atoms with E-state index in [0.29, 0.717) is 12.1 Å². The number of hydrogen-bond acceptors (Lipinski definition) is 4. The number of benzene rings is 2. The molecule has 1 N–H and O–H groups in total. The molecule has 33 heavy (non-hydrogen) atoms. The van der Waals surface area contributed by atoms with E-state index < -0.39 is 34.6 Å². The molecular formula is C23H23F3N4O3. The Morgan fingerprint density at radius 1 is 1.12 bits per heavy atom. The molecule has 1 atom stereocenters. The fraction of sp³-hybridized carbons (Fsp3) is 0.304. The highest BCUT2D eigenvalue weighted by Gasteiger charge is 2.30. The van der Waals surface area contributed by atoms with E-state index in [1.54, 1.807) is 25.1 Å². The van der Waals surface area contributed by atoms with Crippen molar-refractivity contribution in [3.05, 3.63) is 91.8 Å². The van der Waals surface area contributed by atoms with Crippen molar-refractivity contribution in [2.45, 2.75) is 46.0 Å². The monoisotopic (exact) mass is 460 g/mol. The Morgan fingerprint density at radius 3 is 2.36 bits per heavy atom. The lowest BCUT2D eigenvalue weighted by atomic mass is 10.1. The average molecular weight is 460 g/mol. The molecule has 174 valence electrons. The van der Waals surface area contributed by atoms with E-state index >= 15 is 0 Å². The highest BCUT2D eigenvalue weighted by molar-refractivity contribution is 5.91. The van der Waals surface area contributed by atoms with Crippen molar-refractivity contribution in [3.63, 3.8) is 0 Å². The fourth-order valence-electron chi connectivity index (χ4n) is 3.10. The van der Waals surface area contributed by atoms with Crippen LogP contribution in [0.25, 0.3) is 5.69 Å². The lowest BCUT2D eigenvalue weighted by Gasteiger charge is -2.15. The van der Waals surface area contributed by atoms with Crippen LogP contribution in [0, 0.1) is 6.92 Å². The summed E-state index contributed by atoms with van der Waals surface area (Å²) in [6.45, 7) is 5.10. The first kappa shape index (κ1) is 24.0. The molecule has 1 unspecified atom stereocenters. The summed E-state index contributed by atoms with van der Waals surface area (Å²) in [6, 6.07) is 10.7. The van der Waals surface area contributed by atoms with Gasteiger partial charge in [0.1, 0.15) is 0 Å². The second-order valence-electron chi connectivity index (χ2n) is 7.75. The number of carbonyl (C=O) groups excluding carboxylic acids is 1. The molecule has 2 aromatic carbocycles. The van der Waals surface area contributed by atoms with Crippen LogP contribution < -0.4 is 16.6 Å². The Balaban J connectivity index is 2.14. The summed E-state index contributed by atoms with van der Waals surface area (Å²) in [7, 11) is 0. The van der Waals surface area contributed by atoms with Gasteiger partial charge in [-0.15, -0.1) is 0 Å². The number of rotatable bonds is 6. The molecular weight excluding hydrogens is 437 g/mol. The minimum absolute atomic E-state index is 0.235. The summed E-state index contributed by atoms with van der Waals surface area (Å²) >= 11 is 0. The Labute approximate surface area is 187 Å². The predicted octanol–water partition coefficient (Wildman–Crippen LogP) is 3.30. The molecule has 1 heterocycles. The number of nitrogens with one attached hydrogen (secondary N) is 1. The van der Waals surface area contributed by atoms with Gasteiger partial charge in [0.15, 0.2) is 0 Å². The number of nitrogens with zero attached hydrogens (tertiary/aromatic N) is 3. The van der Waals surface area contributed by atoms with Gasteiger partial charge in [0.2, 0.25) is 5.69 Å². The van der Waals surface area contributed by atoms with Crippen LogP contribution in [0.2, 0.25) is 0 Å². The minimum atomic E-state index is -4.51. The third kappa shape index (κ3) is 5.39. The Bertz CT molecular complexity index is 1280. The predicted molar refractivity (Wildman–Crippen MR) is 117 cm³/mol. The third-order valence-corrected chi connectivity index (χ3v) is 5.13. The van der Waals surface area contributed by atoms with Gasteiger partial charge in [0.25, 0.3) is 11.5 Å². The van der Waals surface area contributed by atoms with E-state index in [1.165, 1.54) is 12.1 Å². The molecule has 1 aromatic heterocycles. The molecule has 3 aromatic rings. The standard InChI is InChI=1S/C23H23F3N4O3/c1-4-15(3)27-20(31)19-21(32)29(13-16-8-10-17(11-9-16)23(24,25)26)22(33)30(28-19)18-7-5-6-14(2)12-18/h5-12,15H,4,13H2,1-3H3,(H,27,31). The first-order valence-corrected chi connectivity index (χ1v) is 10.3. The number of carbonyl (C=O) groups is 1. The molecule has 0 bridgehead atoms. The highest BCUT2D eigenvalue weighted by atomic mass is 19.4. The van der Waals surface area contributed by atoms with Crippen molar-refractivity contribution in [1.82, 2.24) is 19.7 Å². The number of aryl methyl sites for hydroxylation is 1. The van der Waals surface area contributed by atoms with Gasteiger partial charge in [-0.25, -0.2) is 4.79 Å². The van der Waals surface area contributed by atoms with E-state index in [4.69, 9.17) is 0 Å². The first-order valence-electron chi connectivity index (χ1n) is 10.3. The van der Waals surface area contributed by atoms with Gasteiger partial charge in [0, 0.05) is 6.04 Å². The number of halogens is 3. The van der Waals surface area contributed by atoms with Crippen LogP contribution in [-0.4, -0.2) is 26.3 Å². The number of aromatic nitrogens is 3. The average Bonchev–Trinajstić information content (AvgIpc) is 2.76. The van der Waals surface area contributed by atoms with Gasteiger partial charge in [-0.3, -0.25) is 14.2 Å². The smallest absolute Gasteiger partial charge is 0.348 e. The van der Waals surface area contributed by atoms with E-state index in [9.17, 15) is 27.6 Å². The molecule has 0 fully saturated rings. The molecule has 0 aliphatic heterocycles. The minimum Gasteiger partial charge on any atom is -0.348 e. The zero-order chi connectivity index (χ0) is 24.3. The highest BCUT2D eigenvalue weighted by Crippen LogP contribution is 2.29. The van der Waals surface area contributed by atoms with E-state index in [-0.39, 0.29) is 18.2 Å².